The fourth-order valence-electron chi connectivity index (χ4n) is 5.07. The maximum Gasteiger partial charge on any atom is 0.240 e. The second kappa shape index (κ2) is 11.7. The van der Waals surface area contributed by atoms with Crippen molar-refractivity contribution in [1.29, 1.82) is 0 Å². The number of aryl methyl sites for hydroxylation is 1. The van der Waals surface area contributed by atoms with E-state index >= 15 is 4.39 Å². The lowest BCUT2D eigenvalue weighted by Gasteiger charge is -2.25. The van der Waals surface area contributed by atoms with Gasteiger partial charge >= 0.3 is 0 Å². The zero-order valence-electron chi connectivity index (χ0n) is 24.2. The molecular weight excluding hydrogens is 556 g/mol. The number of hydrogen-bond donors (Lipinski definition) is 1. The summed E-state index contributed by atoms with van der Waals surface area (Å²) in [6.45, 7) is 9.98. The molecule has 2 aromatic heterocycles. The highest BCUT2D eigenvalue weighted by atomic mass is 32.2. The third-order valence-electron chi connectivity index (χ3n) is 7.36. The summed E-state index contributed by atoms with van der Waals surface area (Å²) < 4.78 is 31.0. The van der Waals surface area contributed by atoms with E-state index in [1.165, 1.54) is 28.8 Å². The third-order valence-corrected chi connectivity index (χ3v) is 8.60. The summed E-state index contributed by atoms with van der Waals surface area (Å²) in [5.74, 6) is -1.65. The second-order valence-corrected chi connectivity index (χ2v) is 12.5. The van der Waals surface area contributed by atoms with Crippen LogP contribution in [0.1, 0.15) is 59.5 Å². The fourth-order valence-corrected chi connectivity index (χ4v) is 6.29. The minimum absolute atomic E-state index is 0.0115. The summed E-state index contributed by atoms with van der Waals surface area (Å²) in [4.78, 5) is 32.7. The number of carbonyl (C=O) groups excluding carboxylic acids is 2. The molecule has 2 amide bonds. The number of nitrogens with zero attached hydrogens (tertiary/aromatic N) is 4. The molecule has 0 bridgehead atoms. The monoisotopic (exact) mass is 589 g/mol. The number of amides is 2. The molecule has 42 heavy (non-hydrogen) atoms. The van der Waals surface area contributed by atoms with Crippen LogP contribution in [-0.4, -0.2) is 38.9 Å². The van der Waals surface area contributed by atoms with Gasteiger partial charge in [0.2, 0.25) is 11.8 Å². The van der Waals surface area contributed by atoms with E-state index in [2.05, 4.69) is 10.3 Å². The molecule has 0 unspecified atom stereocenters. The molecule has 1 N–H and O–H groups in total. The smallest absolute Gasteiger partial charge is 0.240 e. The van der Waals surface area contributed by atoms with E-state index in [0.717, 1.165) is 28.4 Å². The number of aromatic nitrogens is 3. The minimum Gasteiger partial charge on any atom is -0.350 e. The van der Waals surface area contributed by atoms with E-state index in [1.807, 2.05) is 58.9 Å². The summed E-state index contributed by atoms with van der Waals surface area (Å²) in [6.07, 6.45) is 3.32. The summed E-state index contributed by atoms with van der Waals surface area (Å²) in [5.41, 5.74) is 4.60. The zero-order valence-corrected chi connectivity index (χ0v) is 25.1. The predicted molar refractivity (Wildman–Crippen MR) is 161 cm³/mol. The first-order chi connectivity index (χ1) is 20.0. The van der Waals surface area contributed by atoms with Crippen molar-refractivity contribution in [2.24, 2.45) is 0 Å². The highest BCUT2D eigenvalue weighted by Gasteiger charge is 2.40. The number of thioether (sulfide) groups is 1. The first-order valence-electron chi connectivity index (χ1n) is 13.7. The van der Waals surface area contributed by atoms with Crippen molar-refractivity contribution in [2.75, 3.05) is 17.2 Å². The van der Waals surface area contributed by atoms with Crippen LogP contribution >= 0.6 is 11.8 Å². The number of carbonyl (C=O) groups is 2. The summed E-state index contributed by atoms with van der Waals surface area (Å²) in [5, 5.41) is 7.27. The van der Waals surface area contributed by atoms with Gasteiger partial charge in [-0.25, -0.2) is 13.5 Å². The van der Waals surface area contributed by atoms with Crippen LogP contribution in [0.3, 0.4) is 0 Å². The van der Waals surface area contributed by atoms with E-state index in [0.29, 0.717) is 17.1 Å². The molecule has 0 spiro atoms. The largest absolute Gasteiger partial charge is 0.350 e. The van der Waals surface area contributed by atoms with Crippen LogP contribution < -0.4 is 10.2 Å². The van der Waals surface area contributed by atoms with Crippen molar-refractivity contribution in [2.45, 2.75) is 51.8 Å². The predicted octanol–water partition coefficient (Wildman–Crippen LogP) is 5.95. The second-order valence-electron chi connectivity index (χ2n) is 11.4. The molecule has 5 rings (SSSR count). The third kappa shape index (κ3) is 5.81. The molecule has 0 aliphatic carbocycles. The van der Waals surface area contributed by atoms with E-state index in [4.69, 9.17) is 5.10 Å². The summed E-state index contributed by atoms with van der Waals surface area (Å²) in [6, 6.07) is 13.0. The summed E-state index contributed by atoms with van der Waals surface area (Å²) in [7, 11) is 0. The van der Waals surface area contributed by atoms with Gasteiger partial charge in [-0.1, -0.05) is 45.0 Å². The SMILES string of the molecule is Cc1cccc(-n2nc(C(C)(C)C)c3c2N(CC(=O)NCc2cccnc2)C(=O)CS[C@H]3c2ccc(F)cc2F)c1C. The van der Waals surface area contributed by atoms with E-state index in [9.17, 15) is 14.0 Å². The van der Waals surface area contributed by atoms with E-state index in [1.54, 1.807) is 23.1 Å². The number of benzene rings is 2. The zero-order chi connectivity index (χ0) is 30.2. The van der Waals surface area contributed by atoms with Gasteiger partial charge < -0.3 is 5.32 Å². The Labute approximate surface area is 248 Å². The normalized spacial score (nSPS) is 15.4. The number of rotatable bonds is 6. The lowest BCUT2D eigenvalue weighted by Crippen LogP contribution is -2.42. The molecule has 1 aliphatic heterocycles. The van der Waals surface area contributed by atoms with Crippen LogP contribution in [0.15, 0.2) is 60.9 Å². The van der Waals surface area contributed by atoms with Gasteiger partial charge in [0.1, 0.15) is 24.0 Å². The number of fused-ring (bicyclic) bond motifs is 1. The van der Waals surface area contributed by atoms with Crippen LogP contribution in [0, 0.1) is 25.5 Å². The Kier molecular flexibility index (Phi) is 8.19. The average Bonchev–Trinajstić information content (AvgIpc) is 3.28. The van der Waals surface area contributed by atoms with Crippen LogP contribution in [0.25, 0.3) is 5.69 Å². The van der Waals surface area contributed by atoms with Gasteiger partial charge in [-0.2, -0.15) is 5.10 Å². The molecule has 0 saturated heterocycles. The molecule has 0 radical (unpaired) electrons. The maximum atomic E-state index is 15.4. The molecule has 0 fully saturated rings. The highest BCUT2D eigenvalue weighted by Crippen LogP contribution is 2.49. The Morgan fingerprint density at radius 1 is 1.12 bits per heavy atom. The van der Waals surface area contributed by atoms with Crippen LogP contribution in [0.5, 0.6) is 0 Å². The van der Waals surface area contributed by atoms with Gasteiger partial charge in [0.05, 0.1) is 22.4 Å². The average molecular weight is 590 g/mol. The Morgan fingerprint density at radius 3 is 2.60 bits per heavy atom. The molecule has 1 aliphatic rings. The first kappa shape index (κ1) is 29.4. The minimum atomic E-state index is -0.701. The maximum absolute atomic E-state index is 15.4. The lowest BCUT2D eigenvalue weighted by molar-refractivity contribution is -0.123. The van der Waals surface area contributed by atoms with E-state index < -0.39 is 22.3 Å². The summed E-state index contributed by atoms with van der Waals surface area (Å²) >= 11 is 1.25. The van der Waals surface area contributed by atoms with E-state index in [-0.39, 0.29) is 36.2 Å². The van der Waals surface area contributed by atoms with Crippen molar-refractivity contribution in [3.05, 3.63) is 106 Å². The number of hydrogen-bond acceptors (Lipinski definition) is 5. The molecule has 7 nitrogen and oxygen atoms in total. The molecule has 4 aromatic rings. The number of halogens is 2. The van der Waals surface area contributed by atoms with Crippen LogP contribution in [-0.2, 0) is 21.5 Å². The molecule has 0 saturated carbocycles. The Morgan fingerprint density at radius 2 is 1.90 bits per heavy atom. The van der Waals surface area contributed by atoms with Gasteiger partial charge in [-0.15, -0.1) is 11.8 Å². The van der Waals surface area contributed by atoms with Crippen molar-refractivity contribution >= 4 is 29.4 Å². The number of pyridine rings is 1. The van der Waals surface area contributed by atoms with Gasteiger partial charge in [-0.05, 0) is 48.7 Å². The first-order valence-corrected chi connectivity index (χ1v) is 14.7. The van der Waals surface area contributed by atoms with Crippen molar-refractivity contribution in [3.63, 3.8) is 0 Å². The fraction of sp³-hybridized carbons (Fsp3) is 0.312. The molecule has 10 heteroatoms. The van der Waals surface area contributed by atoms with Crippen molar-refractivity contribution < 1.29 is 18.4 Å². The standard InChI is InChI=1S/C32H33F2N5O2S/c1-19-8-6-10-25(20(19)2)39-31-28(30(37-39)32(3,4)5)29(23-12-11-22(33)14-24(23)34)42-18-27(41)38(31)17-26(40)36-16-21-9-7-13-35-15-21/h6-15,29H,16-18H2,1-5H3,(H,36,40)/t29-/m0/s1. The topological polar surface area (TPSA) is 80.1 Å². The van der Waals surface area contributed by atoms with Crippen molar-refractivity contribution in [1.82, 2.24) is 20.1 Å². The Bertz CT molecular complexity index is 1650. The number of anilines is 1. The van der Waals surface area contributed by atoms with Gasteiger partial charge in [0.15, 0.2) is 0 Å². The van der Waals surface area contributed by atoms with Crippen LogP contribution in [0.2, 0.25) is 0 Å². The van der Waals surface area contributed by atoms with Crippen LogP contribution in [0.4, 0.5) is 14.6 Å². The molecular formula is C32H33F2N5O2S. The van der Waals surface area contributed by atoms with Gasteiger partial charge in [0.25, 0.3) is 0 Å². The Balaban J connectivity index is 1.70. The molecule has 2 aromatic carbocycles. The van der Waals surface area contributed by atoms with Gasteiger partial charge in [-0.3, -0.25) is 19.5 Å². The highest BCUT2D eigenvalue weighted by molar-refractivity contribution is 8.00. The molecule has 1 atom stereocenters. The molecule has 3 heterocycles. The quantitative estimate of drug-likeness (QED) is 0.301. The Hall–Kier alpha value is -4.05. The van der Waals surface area contributed by atoms with Gasteiger partial charge in [0, 0.05) is 41.5 Å². The molecule has 218 valence electrons. The van der Waals surface area contributed by atoms with Crippen molar-refractivity contribution in [3.8, 4) is 5.69 Å². The lowest BCUT2D eigenvalue weighted by atomic mass is 9.87. The number of nitrogens with one attached hydrogen (secondary N) is 1.